The van der Waals surface area contributed by atoms with Gasteiger partial charge >= 0.3 is 0 Å². The third-order valence-electron chi connectivity index (χ3n) is 3.68. The molecule has 0 saturated heterocycles. The summed E-state index contributed by atoms with van der Waals surface area (Å²) >= 11 is 6.09. The number of hydrogen-bond acceptors (Lipinski definition) is 4. The van der Waals surface area contributed by atoms with E-state index in [2.05, 4.69) is 15.3 Å². The molecular formula is C13H20ClN3O. The van der Waals surface area contributed by atoms with Crippen molar-refractivity contribution in [3.63, 3.8) is 0 Å². The molecule has 0 bridgehead atoms. The average Bonchev–Trinajstić information content (AvgIpc) is 3.11. The van der Waals surface area contributed by atoms with Crippen molar-refractivity contribution in [3.05, 3.63) is 16.5 Å². The van der Waals surface area contributed by atoms with Gasteiger partial charge in [-0.3, -0.25) is 0 Å². The van der Waals surface area contributed by atoms with Crippen LogP contribution in [0.3, 0.4) is 0 Å². The molecule has 1 aromatic rings. The summed E-state index contributed by atoms with van der Waals surface area (Å²) < 4.78 is 0. The SMILES string of the molecule is CCc1nc(Cl)c(C)c(NCC2(CCO)CC2)n1. The standard InChI is InChI=1S/C13H20ClN3O/c1-3-10-16-11(14)9(2)12(17-10)15-8-13(4-5-13)6-7-18/h18H,3-8H2,1-2H3,(H,15,16,17). The molecule has 0 atom stereocenters. The summed E-state index contributed by atoms with van der Waals surface area (Å²) in [5.41, 5.74) is 1.17. The van der Waals surface area contributed by atoms with Crippen molar-refractivity contribution < 1.29 is 5.11 Å². The summed E-state index contributed by atoms with van der Waals surface area (Å²) in [4.78, 5) is 8.70. The topological polar surface area (TPSA) is 58.0 Å². The molecule has 2 rings (SSSR count). The van der Waals surface area contributed by atoms with E-state index in [-0.39, 0.29) is 12.0 Å². The van der Waals surface area contributed by atoms with Gasteiger partial charge in [0.25, 0.3) is 0 Å². The normalized spacial score (nSPS) is 16.7. The third-order valence-corrected chi connectivity index (χ3v) is 4.05. The molecule has 0 aliphatic heterocycles. The zero-order valence-corrected chi connectivity index (χ0v) is 11.7. The largest absolute Gasteiger partial charge is 0.396 e. The number of rotatable bonds is 6. The summed E-state index contributed by atoms with van der Waals surface area (Å²) in [5, 5.41) is 12.9. The summed E-state index contributed by atoms with van der Waals surface area (Å²) in [6, 6.07) is 0. The smallest absolute Gasteiger partial charge is 0.137 e. The summed E-state index contributed by atoms with van der Waals surface area (Å²) in [6.45, 7) is 5.05. The average molecular weight is 270 g/mol. The van der Waals surface area contributed by atoms with E-state index in [0.717, 1.165) is 36.6 Å². The molecule has 0 radical (unpaired) electrons. The zero-order chi connectivity index (χ0) is 13.2. The van der Waals surface area contributed by atoms with Gasteiger partial charge in [-0.25, -0.2) is 9.97 Å². The predicted octanol–water partition coefficient (Wildman–Crippen LogP) is 2.58. The molecule has 5 heteroatoms. The molecule has 2 N–H and O–H groups in total. The van der Waals surface area contributed by atoms with E-state index in [1.807, 2.05) is 13.8 Å². The Bertz CT molecular complexity index is 432. The van der Waals surface area contributed by atoms with Crippen LogP contribution >= 0.6 is 11.6 Å². The Morgan fingerprint density at radius 3 is 2.67 bits per heavy atom. The van der Waals surface area contributed by atoms with Crippen LogP contribution in [0.25, 0.3) is 0 Å². The first-order chi connectivity index (χ1) is 8.60. The van der Waals surface area contributed by atoms with Crippen LogP contribution < -0.4 is 5.32 Å². The zero-order valence-electron chi connectivity index (χ0n) is 11.0. The van der Waals surface area contributed by atoms with Crippen LogP contribution in [0.15, 0.2) is 0 Å². The van der Waals surface area contributed by atoms with Crippen LogP contribution in [0.4, 0.5) is 5.82 Å². The van der Waals surface area contributed by atoms with Crippen molar-refractivity contribution in [2.45, 2.75) is 39.5 Å². The number of hydrogen-bond donors (Lipinski definition) is 2. The maximum Gasteiger partial charge on any atom is 0.137 e. The molecule has 4 nitrogen and oxygen atoms in total. The van der Waals surface area contributed by atoms with Crippen molar-refractivity contribution in [1.82, 2.24) is 9.97 Å². The fourth-order valence-corrected chi connectivity index (χ4v) is 2.25. The number of aromatic nitrogens is 2. The van der Waals surface area contributed by atoms with Gasteiger partial charge in [-0.05, 0) is 31.6 Å². The van der Waals surface area contributed by atoms with E-state index in [1.54, 1.807) is 0 Å². The van der Waals surface area contributed by atoms with Gasteiger partial charge in [0.15, 0.2) is 0 Å². The number of aliphatic hydroxyl groups excluding tert-OH is 1. The number of aliphatic hydroxyl groups is 1. The Hall–Kier alpha value is -0.870. The van der Waals surface area contributed by atoms with Gasteiger partial charge in [-0.1, -0.05) is 18.5 Å². The highest BCUT2D eigenvalue weighted by atomic mass is 35.5. The fourth-order valence-electron chi connectivity index (χ4n) is 2.06. The van der Waals surface area contributed by atoms with E-state index in [4.69, 9.17) is 16.7 Å². The predicted molar refractivity (Wildman–Crippen MR) is 73.0 cm³/mol. The quantitative estimate of drug-likeness (QED) is 0.780. The van der Waals surface area contributed by atoms with Crippen molar-refractivity contribution in [3.8, 4) is 0 Å². The minimum atomic E-state index is 0.255. The van der Waals surface area contributed by atoms with Crippen molar-refractivity contribution >= 4 is 17.4 Å². The van der Waals surface area contributed by atoms with Crippen LogP contribution in [0, 0.1) is 12.3 Å². The molecule has 1 heterocycles. The molecule has 1 saturated carbocycles. The minimum absolute atomic E-state index is 0.255. The molecule has 0 unspecified atom stereocenters. The maximum absolute atomic E-state index is 9.05. The monoisotopic (exact) mass is 269 g/mol. The van der Waals surface area contributed by atoms with Gasteiger partial charge < -0.3 is 10.4 Å². The summed E-state index contributed by atoms with van der Waals surface area (Å²) in [6.07, 6.45) is 3.99. The highest BCUT2D eigenvalue weighted by molar-refractivity contribution is 6.30. The van der Waals surface area contributed by atoms with Gasteiger partial charge in [0.2, 0.25) is 0 Å². The van der Waals surface area contributed by atoms with E-state index in [9.17, 15) is 0 Å². The van der Waals surface area contributed by atoms with Crippen LogP contribution in [-0.2, 0) is 6.42 Å². The molecule has 0 spiro atoms. The number of halogens is 1. The number of anilines is 1. The second-order valence-electron chi connectivity index (χ2n) is 5.08. The molecule has 1 aliphatic rings. The van der Waals surface area contributed by atoms with Gasteiger partial charge in [0.05, 0.1) is 0 Å². The number of nitrogens with one attached hydrogen (secondary N) is 1. The Kier molecular flexibility index (Phi) is 4.07. The Balaban J connectivity index is 2.07. The van der Waals surface area contributed by atoms with E-state index in [0.29, 0.717) is 5.15 Å². The van der Waals surface area contributed by atoms with Gasteiger partial charge in [-0.2, -0.15) is 0 Å². The third kappa shape index (κ3) is 2.93. The Morgan fingerprint density at radius 2 is 2.11 bits per heavy atom. The van der Waals surface area contributed by atoms with Crippen LogP contribution in [0.5, 0.6) is 0 Å². The number of nitrogens with zero attached hydrogens (tertiary/aromatic N) is 2. The second-order valence-corrected chi connectivity index (χ2v) is 5.44. The van der Waals surface area contributed by atoms with Crippen LogP contribution in [0.2, 0.25) is 5.15 Å². The highest BCUT2D eigenvalue weighted by Gasteiger charge is 2.41. The highest BCUT2D eigenvalue weighted by Crippen LogP contribution is 2.48. The molecule has 100 valence electrons. The molecule has 18 heavy (non-hydrogen) atoms. The maximum atomic E-state index is 9.05. The van der Waals surface area contributed by atoms with Crippen LogP contribution in [-0.4, -0.2) is 28.2 Å². The first kappa shape index (κ1) is 13.6. The Morgan fingerprint density at radius 1 is 1.39 bits per heavy atom. The number of aryl methyl sites for hydroxylation is 1. The lowest BCUT2D eigenvalue weighted by Crippen LogP contribution is -2.18. The van der Waals surface area contributed by atoms with Crippen LogP contribution in [0.1, 0.15) is 37.6 Å². The first-order valence-corrected chi connectivity index (χ1v) is 6.86. The summed E-state index contributed by atoms with van der Waals surface area (Å²) in [5.74, 6) is 1.59. The van der Waals surface area contributed by atoms with E-state index in [1.165, 1.54) is 12.8 Å². The second kappa shape index (κ2) is 5.41. The van der Waals surface area contributed by atoms with Crippen molar-refractivity contribution in [2.24, 2.45) is 5.41 Å². The van der Waals surface area contributed by atoms with Gasteiger partial charge in [0, 0.05) is 25.1 Å². The molecular weight excluding hydrogens is 250 g/mol. The molecule has 1 aliphatic carbocycles. The molecule has 1 aromatic heterocycles. The fraction of sp³-hybridized carbons (Fsp3) is 0.692. The first-order valence-electron chi connectivity index (χ1n) is 6.48. The minimum Gasteiger partial charge on any atom is -0.396 e. The lowest BCUT2D eigenvalue weighted by Gasteiger charge is -2.17. The lowest BCUT2D eigenvalue weighted by molar-refractivity contribution is 0.253. The molecule has 0 aromatic carbocycles. The Labute approximate surface area is 113 Å². The molecule has 1 fully saturated rings. The summed E-state index contributed by atoms with van der Waals surface area (Å²) in [7, 11) is 0. The van der Waals surface area contributed by atoms with Gasteiger partial charge in [0.1, 0.15) is 16.8 Å². The van der Waals surface area contributed by atoms with E-state index >= 15 is 0 Å². The van der Waals surface area contributed by atoms with Crippen molar-refractivity contribution in [1.29, 1.82) is 0 Å². The lowest BCUT2D eigenvalue weighted by atomic mass is 10.0. The molecule has 0 amide bonds. The van der Waals surface area contributed by atoms with Gasteiger partial charge in [-0.15, -0.1) is 0 Å². The van der Waals surface area contributed by atoms with E-state index < -0.39 is 0 Å². The van der Waals surface area contributed by atoms with Crippen molar-refractivity contribution in [2.75, 3.05) is 18.5 Å².